The van der Waals surface area contributed by atoms with Crippen molar-refractivity contribution in [3.63, 3.8) is 0 Å². The zero-order valence-corrected chi connectivity index (χ0v) is 17.9. The predicted molar refractivity (Wildman–Crippen MR) is 115 cm³/mol. The molecular formula is C17H11BrF3N5O2S2. The van der Waals surface area contributed by atoms with E-state index in [0.717, 1.165) is 17.6 Å². The van der Waals surface area contributed by atoms with Gasteiger partial charge in [0.2, 0.25) is 0 Å². The first-order valence-corrected chi connectivity index (χ1v) is 10.1. The van der Waals surface area contributed by atoms with Crippen LogP contribution < -0.4 is 20.7 Å². The zero-order valence-electron chi connectivity index (χ0n) is 14.7. The Bertz CT molecular complexity index is 1060. The lowest BCUT2D eigenvalue weighted by Gasteiger charge is -2.15. The van der Waals surface area contributed by atoms with Gasteiger partial charge in [0, 0.05) is 11.1 Å². The van der Waals surface area contributed by atoms with Crippen LogP contribution in [0.15, 0.2) is 52.3 Å². The lowest BCUT2D eigenvalue weighted by molar-refractivity contribution is -0.274. The maximum atomic E-state index is 12.4. The molecule has 0 bridgehead atoms. The maximum absolute atomic E-state index is 12.4. The Hall–Kier alpha value is -2.77. The van der Waals surface area contributed by atoms with Gasteiger partial charge >= 0.3 is 6.36 Å². The molecule has 1 heterocycles. The van der Waals surface area contributed by atoms with Gasteiger partial charge in [-0.15, -0.1) is 18.3 Å². The molecule has 0 saturated carbocycles. The second-order valence-corrected chi connectivity index (χ2v) is 7.43. The van der Waals surface area contributed by atoms with Crippen LogP contribution in [0.3, 0.4) is 0 Å². The quantitative estimate of drug-likeness (QED) is 0.397. The monoisotopic (exact) mass is 517 g/mol. The molecule has 0 aliphatic rings. The minimum atomic E-state index is -4.79. The third kappa shape index (κ3) is 6.11. The van der Waals surface area contributed by atoms with Crippen molar-refractivity contribution in [3.05, 3.63) is 58.0 Å². The standard InChI is InChI=1S/C17H11BrF3N5O2S2/c18-10-7-9(5-6-14(10)28-17(19,20)21)22-16(29)24-12-4-2-1-3-11(12)23-15(27)13-8-30-26-25-13/h1-8H,(H,23,27)(H2,22,24,29). The highest BCUT2D eigenvalue weighted by Gasteiger charge is 2.32. The third-order valence-electron chi connectivity index (χ3n) is 3.43. The highest BCUT2D eigenvalue weighted by atomic mass is 79.9. The minimum absolute atomic E-state index is 0.0946. The van der Waals surface area contributed by atoms with Crippen molar-refractivity contribution in [2.75, 3.05) is 16.0 Å². The van der Waals surface area contributed by atoms with Gasteiger partial charge in [-0.1, -0.05) is 16.6 Å². The number of halogens is 4. The number of nitrogens with one attached hydrogen (secondary N) is 3. The van der Waals surface area contributed by atoms with Crippen molar-refractivity contribution in [1.29, 1.82) is 0 Å². The average Bonchev–Trinajstić information content (AvgIpc) is 3.19. The smallest absolute Gasteiger partial charge is 0.405 e. The fourth-order valence-electron chi connectivity index (χ4n) is 2.22. The third-order valence-corrected chi connectivity index (χ3v) is 4.76. The number of aromatic nitrogens is 2. The molecule has 0 unspecified atom stereocenters. The largest absolute Gasteiger partial charge is 0.573 e. The number of alkyl halides is 3. The van der Waals surface area contributed by atoms with Gasteiger partial charge in [-0.25, -0.2) is 0 Å². The lowest BCUT2D eigenvalue weighted by Crippen LogP contribution is -2.21. The summed E-state index contributed by atoms with van der Waals surface area (Å²) in [5.41, 5.74) is 1.56. The Morgan fingerprint density at radius 1 is 1.10 bits per heavy atom. The van der Waals surface area contributed by atoms with Gasteiger partial charge in [-0.3, -0.25) is 4.79 Å². The molecule has 3 rings (SSSR count). The topological polar surface area (TPSA) is 88.2 Å². The lowest BCUT2D eigenvalue weighted by atomic mass is 10.2. The first kappa shape index (κ1) is 21.9. The van der Waals surface area contributed by atoms with E-state index in [1.54, 1.807) is 24.3 Å². The van der Waals surface area contributed by atoms with Gasteiger partial charge in [0.15, 0.2) is 10.8 Å². The second-order valence-electron chi connectivity index (χ2n) is 5.56. The normalized spacial score (nSPS) is 10.9. The molecule has 13 heteroatoms. The molecule has 0 atom stereocenters. The molecule has 7 nitrogen and oxygen atoms in total. The highest BCUT2D eigenvalue weighted by Crippen LogP contribution is 2.32. The summed E-state index contributed by atoms with van der Waals surface area (Å²) in [4.78, 5) is 12.2. The number of ether oxygens (including phenoxy) is 1. The van der Waals surface area contributed by atoms with Crippen molar-refractivity contribution in [3.8, 4) is 5.75 Å². The summed E-state index contributed by atoms with van der Waals surface area (Å²) in [6.45, 7) is 0. The molecule has 0 aliphatic heterocycles. The first-order chi connectivity index (χ1) is 14.2. The fraction of sp³-hybridized carbons (Fsp3) is 0.0588. The van der Waals surface area contributed by atoms with Crippen LogP contribution in [0.5, 0.6) is 5.75 Å². The van der Waals surface area contributed by atoms with E-state index in [0.29, 0.717) is 17.1 Å². The molecule has 0 aliphatic carbocycles. The SMILES string of the molecule is O=C(Nc1ccccc1NC(=S)Nc1ccc(OC(F)(F)F)c(Br)c1)c1csnn1. The van der Waals surface area contributed by atoms with Gasteiger partial charge in [-0.05, 0) is 70.0 Å². The number of amides is 1. The molecule has 3 aromatic rings. The van der Waals surface area contributed by atoms with Crippen molar-refractivity contribution < 1.29 is 22.7 Å². The second kappa shape index (κ2) is 9.36. The van der Waals surface area contributed by atoms with E-state index in [-0.39, 0.29) is 21.0 Å². The molecule has 0 radical (unpaired) electrons. The van der Waals surface area contributed by atoms with Gasteiger partial charge in [0.1, 0.15) is 5.75 Å². The number of nitrogens with zero attached hydrogens (tertiary/aromatic N) is 2. The van der Waals surface area contributed by atoms with E-state index in [1.807, 2.05) is 0 Å². The van der Waals surface area contributed by atoms with Gasteiger partial charge in [0.25, 0.3) is 5.91 Å². The van der Waals surface area contributed by atoms with Crippen molar-refractivity contribution in [2.45, 2.75) is 6.36 Å². The molecular weight excluding hydrogens is 507 g/mol. The Kier molecular flexibility index (Phi) is 6.84. The number of carbonyl (C=O) groups excluding carboxylic acids is 1. The van der Waals surface area contributed by atoms with Crippen LogP contribution in [0.4, 0.5) is 30.2 Å². The molecule has 156 valence electrons. The molecule has 0 saturated heterocycles. The first-order valence-electron chi connectivity index (χ1n) is 8.02. The molecule has 2 aromatic carbocycles. The van der Waals surface area contributed by atoms with E-state index in [2.05, 4.69) is 46.2 Å². The fourth-order valence-corrected chi connectivity index (χ4v) is 3.35. The number of para-hydroxylation sites is 2. The summed E-state index contributed by atoms with van der Waals surface area (Å²) in [7, 11) is 0. The number of rotatable bonds is 5. The Labute approximate surface area is 185 Å². The number of anilines is 3. The molecule has 30 heavy (non-hydrogen) atoms. The number of thiocarbonyl (C=S) groups is 1. The number of hydrogen-bond donors (Lipinski definition) is 3. The summed E-state index contributed by atoms with van der Waals surface area (Å²) in [6, 6.07) is 10.7. The van der Waals surface area contributed by atoms with Crippen molar-refractivity contribution >= 4 is 67.8 Å². The van der Waals surface area contributed by atoms with Gasteiger partial charge < -0.3 is 20.7 Å². The minimum Gasteiger partial charge on any atom is -0.405 e. The zero-order chi connectivity index (χ0) is 21.7. The van der Waals surface area contributed by atoms with Gasteiger partial charge in [0.05, 0.1) is 15.8 Å². The Balaban J connectivity index is 1.67. The summed E-state index contributed by atoms with van der Waals surface area (Å²) in [6.07, 6.45) is -4.79. The Morgan fingerprint density at radius 3 is 2.40 bits per heavy atom. The van der Waals surface area contributed by atoms with Crippen LogP contribution in [0, 0.1) is 0 Å². The molecule has 1 aromatic heterocycles. The highest BCUT2D eigenvalue weighted by molar-refractivity contribution is 9.10. The van der Waals surface area contributed by atoms with Crippen LogP contribution in [-0.2, 0) is 0 Å². The molecule has 0 fully saturated rings. The number of hydrogen-bond acceptors (Lipinski definition) is 6. The maximum Gasteiger partial charge on any atom is 0.573 e. The van der Waals surface area contributed by atoms with Crippen LogP contribution in [-0.4, -0.2) is 27.0 Å². The van der Waals surface area contributed by atoms with Gasteiger partial charge in [-0.2, -0.15) is 0 Å². The number of carbonyl (C=O) groups is 1. The van der Waals surface area contributed by atoms with Crippen LogP contribution in [0.25, 0.3) is 0 Å². The van der Waals surface area contributed by atoms with E-state index < -0.39 is 12.3 Å². The van der Waals surface area contributed by atoms with Crippen molar-refractivity contribution in [2.24, 2.45) is 0 Å². The Morgan fingerprint density at radius 2 is 1.80 bits per heavy atom. The van der Waals surface area contributed by atoms with Crippen molar-refractivity contribution in [1.82, 2.24) is 9.59 Å². The summed E-state index contributed by atoms with van der Waals surface area (Å²) >= 11 is 9.34. The van der Waals surface area contributed by atoms with E-state index in [1.165, 1.54) is 17.5 Å². The summed E-state index contributed by atoms with van der Waals surface area (Å²) in [5, 5.41) is 13.9. The molecule has 0 spiro atoms. The molecule has 1 amide bonds. The van der Waals surface area contributed by atoms with Crippen LogP contribution in [0.2, 0.25) is 0 Å². The van der Waals surface area contributed by atoms with E-state index >= 15 is 0 Å². The average molecular weight is 518 g/mol. The molecule has 3 N–H and O–H groups in total. The summed E-state index contributed by atoms with van der Waals surface area (Å²) in [5.74, 6) is -0.808. The summed E-state index contributed by atoms with van der Waals surface area (Å²) < 4.78 is 44.7. The van der Waals surface area contributed by atoms with E-state index in [9.17, 15) is 18.0 Å². The predicted octanol–water partition coefficient (Wildman–Crippen LogP) is 5.26. The number of benzene rings is 2. The van der Waals surface area contributed by atoms with E-state index in [4.69, 9.17) is 12.2 Å². The van der Waals surface area contributed by atoms with Crippen LogP contribution in [0.1, 0.15) is 10.5 Å². The van der Waals surface area contributed by atoms with Crippen LogP contribution >= 0.6 is 39.7 Å².